The number of amides is 1. The quantitative estimate of drug-likeness (QED) is 0.615. The standard InChI is InChI=1S/C9H9ClFNO2/c10-5-9(13)12-14-6-7-1-3-8(11)4-2-7/h1-4H,5-6H2,(H,12,13). The first kappa shape index (κ1) is 10.9. The molecule has 3 nitrogen and oxygen atoms in total. The Morgan fingerprint density at radius 3 is 2.64 bits per heavy atom. The molecule has 0 radical (unpaired) electrons. The Balaban J connectivity index is 2.31. The number of hydrogen-bond acceptors (Lipinski definition) is 2. The molecule has 0 fully saturated rings. The van der Waals surface area contributed by atoms with E-state index in [2.05, 4.69) is 5.48 Å². The molecule has 0 heterocycles. The average Bonchev–Trinajstić information content (AvgIpc) is 2.21. The summed E-state index contributed by atoms with van der Waals surface area (Å²) in [4.78, 5) is 15.4. The lowest BCUT2D eigenvalue weighted by Gasteiger charge is -2.03. The Hall–Kier alpha value is -1.13. The van der Waals surface area contributed by atoms with Crippen molar-refractivity contribution in [2.75, 3.05) is 5.88 Å². The summed E-state index contributed by atoms with van der Waals surface area (Å²) < 4.78 is 12.5. The maximum Gasteiger partial charge on any atom is 0.258 e. The molecule has 1 amide bonds. The summed E-state index contributed by atoms with van der Waals surface area (Å²) in [6.45, 7) is 0.183. The summed E-state index contributed by atoms with van der Waals surface area (Å²) in [6, 6.07) is 5.79. The first-order valence-electron chi connectivity index (χ1n) is 3.93. The molecule has 1 aromatic rings. The number of nitrogens with one attached hydrogen (secondary N) is 1. The second kappa shape index (κ2) is 5.57. The van der Waals surface area contributed by atoms with Gasteiger partial charge >= 0.3 is 0 Å². The number of benzene rings is 1. The van der Waals surface area contributed by atoms with Gasteiger partial charge in [0.15, 0.2) is 0 Å². The van der Waals surface area contributed by atoms with Crippen LogP contribution in [0.3, 0.4) is 0 Å². The lowest BCUT2D eigenvalue weighted by Crippen LogP contribution is -2.24. The van der Waals surface area contributed by atoms with Crippen molar-refractivity contribution in [1.29, 1.82) is 0 Å². The van der Waals surface area contributed by atoms with Crippen LogP contribution in [0.1, 0.15) is 5.56 Å². The molecule has 1 rings (SSSR count). The summed E-state index contributed by atoms with van der Waals surface area (Å²) in [6.07, 6.45) is 0. The fourth-order valence-corrected chi connectivity index (χ4v) is 0.862. The molecule has 0 atom stereocenters. The van der Waals surface area contributed by atoms with Crippen LogP contribution in [0.25, 0.3) is 0 Å². The summed E-state index contributed by atoms with van der Waals surface area (Å²) in [5.41, 5.74) is 2.90. The smallest absolute Gasteiger partial charge is 0.258 e. The van der Waals surface area contributed by atoms with Crippen molar-refractivity contribution in [3.8, 4) is 0 Å². The molecular formula is C9H9ClFNO2. The van der Waals surface area contributed by atoms with E-state index < -0.39 is 5.91 Å². The van der Waals surface area contributed by atoms with Crippen LogP contribution in [0.4, 0.5) is 4.39 Å². The van der Waals surface area contributed by atoms with Gasteiger partial charge in [0.25, 0.3) is 5.91 Å². The van der Waals surface area contributed by atoms with Gasteiger partial charge in [-0.25, -0.2) is 9.87 Å². The van der Waals surface area contributed by atoms with Crippen molar-refractivity contribution in [3.05, 3.63) is 35.6 Å². The molecule has 0 unspecified atom stereocenters. The van der Waals surface area contributed by atoms with Crippen LogP contribution in [0.15, 0.2) is 24.3 Å². The van der Waals surface area contributed by atoms with E-state index in [0.717, 1.165) is 5.56 Å². The van der Waals surface area contributed by atoms with Gasteiger partial charge in [-0.15, -0.1) is 11.6 Å². The topological polar surface area (TPSA) is 38.3 Å². The van der Waals surface area contributed by atoms with Crippen LogP contribution in [0, 0.1) is 5.82 Å². The van der Waals surface area contributed by atoms with Crippen LogP contribution < -0.4 is 5.48 Å². The van der Waals surface area contributed by atoms with E-state index >= 15 is 0 Å². The fourth-order valence-electron chi connectivity index (χ4n) is 0.808. The van der Waals surface area contributed by atoms with E-state index in [0.29, 0.717) is 0 Å². The normalized spacial score (nSPS) is 9.86. The molecule has 76 valence electrons. The van der Waals surface area contributed by atoms with Gasteiger partial charge in [0.05, 0.1) is 6.61 Å². The SMILES string of the molecule is O=C(CCl)NOCc1ccc(F)cc1. The molecule has 0 spiro atoms. The minimum Gasteiger partial charge on any atom is -0.271 e. The molecule has 0 bridgehead atoms. The number of rotatable bonds is 4. The van der Waals surface area contributed by atoms with Gasteiger partial charge in [0, 0.05) is 0 Å². The molecule has 0 aliphatic heterocycles. The average molecular weight is 218 g/mol. The number of halogens is 2. The van der Waals surface area contributed by atoms with Gasteiger partial charge in [0.2, 0.25) is 0 Å². The van der Waals surface area contributed by atoms with E-state index in [9.17, 15) is 9.18 Å². The molecule has 1 aromatic carbocycles. The predicted octanol–water partition coefficient (Wildman–Crippen LogP) is 1.61. The van der Waals surface area contributed by atoms with E-state index in [4.69, 9.17) is 16.4 Å². The molecular weight excluding hydrogens is 209 g/mol. The lowest BCUT2D eigenvalue weighted by molar-refractivity contribution is -0.131. The zero-order valence-electron chi connectivity index (χ0n) is 7.30. The van der Waals surface area contributed by atoms with Crippen LogP contribution in [0.5, 0.6) is 0 Å². The van der Waals surface area contributed by atoms with Gasteiger partial charge in [0.1, 0.15) is 11.7 Å². The van der Waals surface area contributed by atoms with Crippen LogP contribution in [0.2, 0.25) is 0 Å². The highest BCUT2D eigenvalue weighted by Crippen LogP contribution is 2.03. The van der Waals surface area contributed by atoms with E-state index in [1.165, 1.54) is 12.1 Å². The van der Waals surface area contributed by atoms with Crippen molar-refractivity contribution < 1.29 is 14.0 Å². The first-order valence-corrected chi connectivity index (χ1v) is 4.47. The highest BCUT2D eigenvalue weighted by Gasteiger charge is 1.98. The Kier molecular flexibility index (Phi) is 4.35. The minimum atomic E-state index is -0.409. The lowest BCUT2D eigenvalue weighted by atomic mass is 10.2. The Bertz CT molecular complexity index is 302. The molecule has 14 heavy (non-hydrogen) atoms. The van der Waals surface area contributed by atoms with Crippen molar-refractivity contribution >= 4 is 17.5 Å². The van der Waals surface area contributed by atoms with Gasteiger partial charge in [-0.3, -0.25) is 9.63 Å². The highest BCUT2D eigenvalue weighted by molar-refractivity contribution is 6.27. The first-order chi connectivity index (χ1) is 6.72. The molecule has 0 aliphatic carbocycles. The van der Waals surface area contributed by atoms with Crippen molar-refractivity contribution in [1.82, 2.24) is 5.48 Å². The molecule has 0 saturated carbocycles. The maximum atomic E-state index is 12.5. The summed E-state index contributed by atoms with van der Waals surface area (Å²) in [5, 5.41) is 0. The summed E-state index contributed by atoms with van der Waals surface area (Å²) in [5.74, 6) is -0.865. The van der Waals surface area contributed by atoms with Gasteiger partial charge in [-0.05, 0) is 17.7 Å². The molecule has 0 saturated heterocycles. The Morgan fingerprint density at radius 1 is 1.43 bits per heavy atom. The highest BCUT2D eigenvalue weighted by atomic mass is 35.5. The third kappa shape index (κ3) is 3.72. The second-order valence-electron chi connectivity index (χ2n) is 2.57. The third-order valence-corrected chi connectivity index (χ3v) is 1.70. The predicted molar refractivity (Wildman–Crippen MR) is 50.1 cm³/mol. The number of carbonyl (C=O) groups is 1. The number of carbonyl (C=O) groups excluding carboxylic acids is 1. The minimum absolute atomic E-state index is 0.149. The monoisotopic (exact) mass is 217 g/mol. The zero-order valence-corrected chi connectivity index (χ0v) is 8.05. The summed E-state index contributed by atoms with van der Waals surface area (Å²) in [7, 11) is 0. The van der Waals surface area contributed by atoms with Crippen LogP contribution in [-0.4, -0.2) is 11.8 Å². The van der Waals surface area contributed by atoms with Crippen molar-refractivity contribution in [3.63, 3.8) is 0 Å². The van der Waals surface area contributed by atoms with Crippen molar-refractivity contribution in [2.45, 2.75) is 6.61 Å². The molecule has 1 N–H and O–H groups in total. The van der Waals surface area contributed by atoms with E-state index in [-0.39, 0.29) is 18.3 Å². The van der Waals surface area contributed by atoms with Crippen LogP contribution >= 0.6 is 11.6 Å². The Labute approximate surface area is 85.8 Å². The second-order valence-corrected chi connectivity index (χ2v) is 2.84. The summed E-state index contributed by atoms with van der Waals surface area (Å²) >= 11 is 5.21. The van der Waals surface area contributed by atoms with E-state index in [1.807, 2.05) is 0 Å². The Morgan fingerprint density at radius 2 is 2.07 bits per heavy atom. The van der Waals surface area contributed by atoms with Gasteiger partial charge < -0.3 is 0 Å². The molecule has 0 aromatic heterocycles. The van der Waals surface area contributed by atoms with Gasteiger partial charge in [-0.1, -0.05) is 12.1 Å². The van der Waals surface area contributed by atoms with Crippen molar-refractivity contribution in [2.24, 2.45) is 0 Å². The third-order valence-electron chi connectivity index (χ3n) is 1.46. The molecule has 5 heteroatoms. The number of hydrogen-bond donors (Lipinski definition) is 1. The molecule has 0 aliphatic rings. The maximum absolute atomic E-state index is 12.5. The zero-order chi connectivity index (χ0) is 10.4. The fraction of sp³-hybridized carbons (Fsp3) is 0.222. The number of hydroxylamine groups is 1. The number of alkyl halides is 1. The largest absolute Gasteiger partial charge is 0.271 e. The van der Waals surface area contributed by atoms with E-state index in [1.54, 1.807) is 12.1 Å². The van der Waals surface area contributed by atoms with Crippen LogP contribution in [-0.2, 0) is 16.2 Å². The van der Waals surface area contributed by atoms with Gasteiger partial charge in [-0.2, -0.15) is 0 Å².